The zero-order chi connectivity index (χ0) is 8.72. The first-order valence-corrected chi connectivity index (χ1v) is 6.14. The van der Waals surface area contributed by atoms with Crippen LogP contribution in [-0.2, 0) is 13.8 Å². The van der Waals surface area contributed by atoms with E-state index < -0.39 is 13.7 Å². The number of aliphatic hydroxyl groups excluding tert-OH is 1. The van der Waals surface area contributed by atoms with Gasteiger partial charge in [-0.05, 0) is 6.92 Å². The molecule has 0 aromatic rings. The van der Waals surface area contributed by atoms with E-state index in [1.165, 1.54) is 0 Å². The van der Waals surface area contributed by atoms with Gasteiger partial charge in [0.2, 0.25) is 7.58 Å². The Kier molecular flexibility index (Phi) is 2.61. The molecule has 0 saturated carbocycles. The molecule has 70 valence electrons. The van der Waals surface area contributed by atoms with Crippen molar-refractivity contribution in [2.45, 2.75) is 31.3 Å². The third kappa shape index (κ3) is 1.50. The largest absolute Gasteiger partial charge is 0.388 e. The summed E-state index contributed by atoms with van der Waals surface area (Å²) in [4.78, 5) is 0. The third-order valence-electron chi connectivity index (χ3n) is 2.13. The monoisotopic (exact) mass is 210 g/mol. The average molecular weight is 210 g/mol. The summed E-state index contributed by atoms with van der Waals surface area (Å²) in [5.74, 6) is 0. The number of aliphatic hydroxyl groups is 1. The highest BCUT2D eigenvalue weighted by Gasteiger charge is 2.46. The van der Waals surface area contributed by atoms with Crippen LogP contribution in [0.5, 0.6) is 0 Å². The van der Waals surface area contributed by atoms with Gasteiger partial charge in [-0.3, -0.25) is 0 Å². The second-order valence-electron chi connectivity index (χ2n) is 2.97. The van der Waals surface area contributed by atoms with E-state index in [-0.39, 0.29) is 18.3 Å². The Morgan fingerprint density at radius 2 is 2.33 bits per heavy atom. The standard InChI is InChI=1S/C6H11O4PS/c1-3-5(7)6-4(9-3)2-8-11(12)10-6/h3-7,12H,2H2,1H3/t3-,4?,5?,6+,11?/m0/s1. The summed E-state index contributed by atoms with van der Waals surface area (Å²) < 4.78 is 15.9. The van der Waals surface area contributed by atoms with E-state index >= 15 is 0 Å². The summed E-state index contributed by atoms with van der Waals surface area (Å²) in [5.41, 5.74) is 0. The molecule has 12 heavy (non-hydrogen) atoms. The van der Waals surface area contributed by atoms with Crippen LogP contribution in [0.4, 0.5) is 0 Å². The second-order valence-corrected chi connectivity index (χ2v) is 4.90. The molecule has 0 amide bonds. The van der Waals surface area contributed by atoms with Crippen LogP contribution in [0.15, 0.2) is 0 Å². The highest BCUT2D eigenvalue weighted by atomic mass is 32.7. The molecule has 3 unspecified atom stereocenters. The Hall–Kier alpha value is 0.620. The molecule has 2 aliphatic heterocycles. The van der Waals surface area contributed by atoms with Gasteiger partial charge in [0.25, 0.3) is 0 Å². The smallest absolute Gasteiger partial charge is 0.235 e. The lowest BCUT2D eigenvalue weighted by atomic mass is 10.1. The Morgan fingerprint density at radius 1 is 1.58 bits per heavy atom. The molecule has 0 radical (unpaired) electrons. The Morgan fingerprint density at radius 3 is 3.08 bits per heavy atom. The van der Waals surface area contributed by atoms with Crippen LogP contribution in [0.3, 0.4) is 0 Å². The number of rotatable bonds is 0. The molecule has 0 bridgehead atoms. The van der Waals surface area contributed by atoms with Crippen LogP contribution in [0.1, 0.15) is 6.92 Å². The van der Waals surface area contributed by atoms with Crippen LogP contribution >= 0.6 is 19.8 Å². The number of hydrogen-bond donors (Lipinski definition) is 2. The molecule has 0 spiro atoms. The van der Waals surface area contributed by atoms with Crippen molar-refractivity contribution in [3.8, 4) is 0 Å². The highest BCUT2D eigenvalue weighted by Crippen LogP contribution is 2.50. The van der Waals surface area contributed by atoms with E-state index in [2.05, 4.69) is 12.2 Å². The first-order chi connectivity index (χ1) is 5.68. The lowest BCUT2D eigenvalue weighted by Crippen LogP contribution is -2.37. The molecule has 1 N–H and O–H groups in total. The fourth-order valence-electron chi connectivity index (χ4n) is 1.46. The van der Waals surface area contributed by atoms with Crippen molar-refractivity contribution in [3.63, 3.8) is 0 Å². The van der Waals surface area contributed by atoms with Crippen molar-refractivity contribution >= 4 is 19.8 Å². The van der Waals surface area contributed by atoms with Crippen molar-refractivity contribution in [1.82, 2.24) is 0 Å². The van der Waals surface area contributed by atoms with Crippen LogP contribution in [0.25, 0.3) is 0 Å². The Balaban J connectivity index is 2.05. The molecule has 6 heteroatoms. The maximum absolute atomic E-state index is 9.58. The second kappa shape index (κ2) is 3.40. The van der Waals surface area contributed by atoms with Crippen LogP contribution in [-0.4, -0.2) is 36.1 Å². The van der Waals surface area contributed by atoms with Gasteiger partial charge in [0.1, 0.15) is 18.3 Å². The highest BCUT2D eigenvalue weighted by molar-refractivity contribution is 8.41. The molecule has 0 aliphatic carbocycles. The fraction of sp³-hybridized carbons (Fsp3) is 1.00. The van der Waals surface area contributed by atoms with Gasteiger partial charge in [-0.25, -0.2) is 0 Å². The summed E-state index contributed by atoms with van der Waals surface area (Å²) >= 11 is 4.07. The van der Waals surface area contributed by atoms with Gasteiger partial charge in [-0.1, -0.05) is 12.2 Å². The molecule has 0 aromatic heterocycles. The van der Waals surface area contributed by atoms with Crippen molar-refractivity contribution in [1.29, 1.82) is 0 Å². The van der Waals surface area contributed by atoms with E-state index in [4.69, 9.17) is 13.8 Å². The van der Waals surface area contributed by atoms with Gasteiger partial charge < -0.3 is 18.9 Å². The molecule has 4 nitrogen and oxygen atoms in total. The topological polar surface area (TPSA) is 47.9 Å². The van der Waals surface area contributed by atoms with Gasteiger partial charge in [0, 0.05) is 0 Å². The van der Waals surface area contributed by atoms with Gasteiger partial charge in [-0.15, -0.1) is 0 Å². The molecule has 2 aliphatic rings. The van der Waals surface area contributed by atoms with Crippen LogP contribution in [0.2, 0.25) is 0 Å². The number of thiol groups is 1. The number of ether oxygens (including phenoxy) is 1. The predicted octanol–water partition coefficient (Wildman–Crippen LogP) is 0.707. The quantitative estimate of drug-likeness (QED) is 0.456. The van der Waals surface area contributed by atoms with Gasteiger partial charge in [0.05, 0.1) is 12.7 Å². The zero-order valence-electron chi connectivity index (χ0n) is 6.58. The van der Waals surface area contributed by atoms with E-state index in [0.717, 1.165) is 0 Å². The van der Waals surface area contributed by atoms with Crippen LogP contribution < -0.4 is 0 Å². The molecule has 0 aromatic carbocycles. The Bertz CT molecular complexity index is 181. The first kappa shape index (κ1) is 9.19. The summed E-state index contributed by atoms with van der Waals surface area (Å²) in [5, 5.41) is 9.58. The minimum atomic E-state index is -1.11. The summed E-state index contributed by atoms with van der Waals surface area (Å²) in [7, 11) is -1.11. The van der Waals surface area contributed by atoms with E-state index in [9.17, 15) is 5.11 Å². The van der Waals surface area contributed by atoms with Gasteiger partial charge in [0.15, 0.2) is 0 Å². The maximum Gasteiger partial charge on any atom is 0.235 e. The SMILES string of the molecule is C[C@@H]1OC2COP(S)O[C@H]2C1O. The lowest BCUT2D eigenvalue weighted by molar-refractivity contribution is -0.0245. The molecule has 2 fully saturated rings. The summed E-state index contributed by atoms with van der Waals surface area (Å²) in [6.07, 6.45) is -1.09. The molecule has 5 atom stereocenters. The minimum absolute atomic E-state index is 0.124. The normalized spacial score (nSPS) is 53.8. The molecular weight excluding hydrogens is 199 g/mol. The van der Waals surface area contributed by atoms with Crippen molar-refractivity contribution < 1.29 is 18.9 Å². The first-order valence-electron chi connectivity index (χ1n) is 3.80. The van der Waals surface area contributed by atoms with Gasteiger partial charge in [-0.2, -0.15) is 0 Å². The van der Waals surface area contributed by atoms with E-state index in [0.29, 0.717) is 6.61 Å². The minimum Gasteiger partial charge on any atom is -0.388 e. The molecule has 2 heterocycles. The number of hydrogen-bond acceptors (Lipinski definition) is 5. The number of fused-ring (bicyclic) bond motifs is 1. The predicted molar refractivity (Wildman–Crippen MR) is 47.1 cm³/mol. The molecule has 2 saturated heterocycles. The fourth-order valence-corrected chi connectivity index (χ4v) is 2.79. The maximum atomic E-state index is 9.58. The zero-order valence-corrected chi connectivity index (χ0v) is 8.37. The van der Waals surface area contributed by atoms with Crippen molar-refractivity contribution in [3.05, 3.63) is 0 Å². The average Bonchev–Trinajstić information content (AvgIpc) is 2.31. The van der Waals surface area contributed by atoms with E-state index in [1.54, 1.807) is 0 Å². The van der Waals surface area contributed by atoms with E-state index in [1.807, 2.05) is 6.92 Å². The molecule has 2 rings (SSSR count). The molecular formula is C6H11O4PS. The summed E-state index contributed by atoms with van der Waals surface area (Å²) in [6, 6.07) is 0. The third-order valence-corrected chi connectivity index (χ3v) is 3.56. The van der Waals surface area contributed by atoms with Gasteiger partial charge >= 0.3 is 0 Å². The van der Waals surface area contributed by atoms with Crippen molar-refractivity contribution in [2.75, 3.05) is 6.61 Å². The van der Waals surface area contributed by atoms with Crippen molar-refractivity contribution in [2.24, 2.45) is 0 Å². The van der Waals surface area contributed by atoms with Crippen LogP contribution in [0, 0.1) is 0 Å². The lowest BCUT2D eigenvalue weighted by Gasteiger charge is -2.28. The summed E-state index contributed by atoms with van der Waals surface area (Å²) in [6.45, 7) is 2.30. The Labute approximate surface area is 77.3 Å².